The Morgan fingerprint density at radius 3 is 2.50 bits per heavy atom. The van der Waals surface area contributed by atoms with Gasteiger partial charge in [-0.1, -0.05) is 18.2 Å². The molecular weight excluding hydrogens is 248 g/mol. The molecule has 2 aromatic rings. The second-order valence-electron chi connectivity index (χ2n) is 4.80. The zero-order chi connectivity index (χ0) is 14.5. The van der Waals surface area contributed by atoms with Gasteiger partial charge in [0, 0.05) is 19.3 Å². The molecule has 20 heavy (non-hydrogen) atoms. The number of hydrogen-bond donors (Lipinski definition) is 1. The SMILES string of the molecule is CC(N)C(c1ccccn1)N(C)c1ccccc1C#N. The molecule has 0 spiro atoms. The molecule has 0 amide bonds. The molecule has 0 aliphatic rings. The predicted octanol–water partition coefficient (Wildman–Crippen LogP) is 2.48. The van der Waals surface area contributed by atoms with Gasteiger partial charge in [0.2, 0.25) is 0 Å². The van der Waals surface area contributed by atoms with Gasteiger partial charge < -0.3 is 10.6 Å². The van der Waals surface area contributed by atoms with Crippen molar-refractivity contribution < 1.29 is 0 Å². The van der Waals surface area contributed by atoms with E-state index >= 15 is 0 Å². The average molecular weight is 266 g/mol. The summed E-state index contributed by atoms with van der Waals surface area (Å²) in [5.74, 6) is 0. The van der Waals surface area contributed by atoms with Crippen LogP contribution in [0.3, 0.4) is 0 Å². The highest BCUT2D eigenvalue weighted by atomic mass is 15.2. The van der Waals surface area contributed by atoms with Gasteiger partial charge in [0.25, 0.3) is 0 Å². The van der Waals surface area contributed by atoms with E-state index < -0.39 is 0 Å². The molecule has 0 aliphatic carbocycles. The number of anilines is 1. The summed E-state index contributed by atoms with van der Waals surface area (Å²) >= 11 is 0. The minimum absolute atomic E-state index is 0.0781. The number of aromatic nitrogens is 1. The van der Waals surface area contributed by atoms with Crippen molar-refractivity contribution in [3.63, 3.8) is 0 Å². The van der Waals surface area contributed by atoms with Gasteiger partial charge in [0.15, 0.2) is 0 Å². The lowest BCUT2D eigenvalue weighted by atomic mass is 10.0. The number of benzene rings is 1. The molecule has 0 radical (unpaired) electrons. The van der Waals surface area contributed by atoms with E-state index in [1.807, 2.05) is 61.3 Å². The molecule has 0 saturated heterocycles. The van der Waals surface area contributed by atoms with E-state index in [-0.39, 0.29) is 12.1 Å². The normalized spacial score (nSPS) is 13.3. The summed E-state index contributed by atoms with van der Waals surface area (Å²) in [5, 5.41) is 9.23. The third kappa shape index (κ3) is 2.79. The number of pyridine rings is 1. The molecule has 2 atom stereocenters. The summed E-state index contributed by atoms with van der Waals surface area (Å²) in [6.07, 6.45) is 1.76. The van der Waals surface area contributed by atoms with Crippen molar-refractivity contribution in [2.45, 2.75) is 19.0 Å². The topological polar surface area (TPSA) is 65.9 Å². The first-order valence-corrected chi connectivity index (χ1v) is 6.53. The van der Waals surface area contributed by atoms with Crippen molar-refractivity contribution in [3.05, 3.63) is 59.9 Å². The largest absolute Gasteiger partial charge is 0.363 e. The monoisotopic (exact) mass is 266 g/mol. The van der Waals surface area contributed by atoms with Gasteiger partial charge in [-0.3, -0.25) is 4.98 Å². The second kappa shape index (κ2) is 6.18. The molecule has 102 valence electrons. The van der Waals surface area contributed by atoms with Crippen molar-refractivity contribution in [2.24, 2.45) is 5.73 Å². The smallest absolute Gasteiger partial charge is 0.101 e. The minimum Gasteiger partial charge on any atom is -0.363 e. The van der Waals surface area contributed by atoms with E-state index in [2.05, 4.69) is 11.1 Å². The quantitative estimate of drug-likeness (QED) is 0.923. The van der Waals surface area contributed by atoms with Crippen molar-refractivity contribution in [2.75, 3.05) is 11.9 Å². The van der Waals surface area contributed by atoms with E-state index in [4.69, 9.17) is 5.73 Å². The number of para-hydroxylation sites is 1. The highest BCUT2D eigenvalue weighted by Crippen LogP contribution is 2.28. The maximum absolute atomic E-state index is 9.23. The average Bonchev–Trinajstić information content (AvgIpc) is 2.48. The predicted molar refractivity (Wildman–Crippen MR) is 80.2 cm³/mol. The second-order valence-corrected chi connectivity index (χ2v) is 4.80. The maximum Gasteiger partial charge on any atom is 0.101 e. The summed E-state index contributed by atoms with van der Waals surface area (Å²) in [6, 6.07) is 15.3. The molecule has 2 unspecified atom stereocenters. The highest BCUT2D eigenvalue weighted by molar-refractivity contribution is 5.59. The Bertz CT molecular complexity index is 601. The first-order chi connectivity index (χ1) is 9.65. The van der Waals surface area contributed by atoms with Crippen molar-refractivity contribution in [3.8, 4) is 6.07 Å². The van der Waals surface area contributed by atoms with E-state index in [9.17, 15) is 5.26 Å². The molecule has 1 aromatic heterocycles. The van der Waals surface area contributed by atoms with Crippen LogP contribution in [0.25, 0.3) is 0 Å². The lowest BCUT2D eigenvalue weighted by Gasteiger charge is -2.33. The number of likely N-dealkylation sites (N-methyl/N-ethyl adjacent to an activating group) is 1. The van der Waals surface area contributed by atoms with Crippen molar-refractivity contribution >= 4 is 5.69 Å². The standard InChI is InChI=1S/C16H18N4/c1-12(18)16(14-8-5-6-10-19-14)20(2)15-9-4-3-7-13(15)11-17/h3-10,12,16H,18H2,1-2H3. The van der Waals surface area contributed by atoms with Crippen LogP contribution in [-0.2, 0) is 0 Å². The molecule has 0 fully saturated rings. The third-order valence-electron chi connectivity index (χ3n) is 3.31. The molecule has 1 aromatic carbocycles. The Morgan fingerprint density at radius 2 is 1.90 bits per heavy atom. The first kappa shape index (κ1) is 14.0. The maximum atomic E-state index is 9.23. The molecule has 1 heterocycles. The Balaban J connectivity index is 2.43. The molecule has 2 N–H and O–H groups in total. The first-order valence-electron chi connectivity index (χ1n) is 6.53. The Labute approximate surface area is 119 Å². The van der Waals surface area contributed by atoms with E-state index in [1.54, 1.807) is 6.20 Å². The van der Waals surface area contributed by atoms with Gasteiger partial charge in [0.1, 0.15) is 6.07 Å². The third-order valence-corrected chi connectivity index (χ3v) is 3.31. The van der Waals surface area contributed by atoms with Crippen LogP contribution in [-0.4, -0.2) is 18.1 Å². The zero-order valence-corrected chi connectivity index (χ0v) is 11.7. The van der Waals surface area contributed by atoms with Gasteiger partial charge in [-0.15, -0.1) is 0 Å². The summed E-state index contributed by atoms with van der Waals surface area (Å²) in [6.45, 7) is 1.95. The number of nitrogens with two attached hydrogens (primary N) is 1. The van der Waals surface area contributed by atoms with E-state index in [1.165, 1.54) is 0 Å². The van der Waals surface area contributed by atoms with Crippen LogP contribution in [0.1, 0.15) is 24.2 Å². The molecule has 4 heteroatoms. The highest BCUT2D eigenvalue weighted by Gasteiger charge is 2.24. The van der Waals surface area contributed by atoms with Crippen LogP contribution in [0.4, 0.5) is 5.69 Å². The Kier molecular flexibility index (Phi) is 4.34. The van der Waals surface area contributed by atoms with Crippen LogP contribution in [0, 0.1) is 11.3 Å². The molecule has 4 nitrogen and oxygen atoms in total. The van der Waals surface area contributed by atoms with Crippen molar-refractivity contribution in [1.29, 1.82) is 5.26 Å². The summed E-state index contributed by atoms with van der Waals surface area (Å²) in [5.41, 5.74) is 8.53. The van der Waals surface area contributed by atoms with Crippen LogP contribution >= 0.6 is 0 Å². The minimum atomic E-state index is -0.110. The number of hydrogen-bond acceptors (Lipinski definition) is 4. The number of nitrogens with zero attached hydrogens (tertiary/aromatic N) is 3. The molecule has 2 rings (SSSR count). The van der Waals surface area contributed by atoms with Crippen LogP contribution in [0.2, 0.25) is 0 Å². The summed E-state index contributed by atoms with van der Waals surface area (Å²) in [7, 11) is 1.94. The van der Waals surface area contributed by atoms with Gasteiger partial charge in [0.05, 0.1) is 23.0 Å². The van der Waals surface area contributed by atoms with Crippen LogP contribution in [0.15, 0.2) is 48.7 Å². The fraction of sp³-hybridized carbons (Fsp3) is 0.250. The number of rotatable bonds is 4. The summed E-state index contributed by atoms with van der Waals surface area (Å²) in [4.78, 5) is 6.42. The van der Waals surface area contributed by atoms with E-state index in [0.717, 1.165) is 11.4 Å². The lowest BCUT2D eigenvalue weighted by molar-refractivity contribution is 0.545. The number of nitriles is 1. The van der Waals surface area contributed by atoms with Gasteiger partial charge in [-0.05, 0) is 31.2 Å². The Morgan fingerprint density at radius 1 is 1.20 bits per heavy atom. The molecular formula is C16H18N4. The van der Waals surface area contributed by atoms with Crippen LogP contribution < -0.4 is 10.6 Å². The fourth-order valence-electron chi connectivity index (χ4n) is 2.40. The van der Waals surface area contributed by atoms with Gasteiger partial charge >= 0.3 is 0 Å². The zero-order valence-electron chi connectivity index (χ0n) is 11.7. The van der Waals surface area contributed by atoms with Crippen LogP contribution in [0.5, 0.6) is 0 Å². The molecule has 0 aliphatic heterocycles. The summed E-state index contributed by atoms with van der Waals surface area (Å²) < 4.78 is 0. The van der Waals surface area contributed by atoms with Gasteiger partial charge in [-0.2, -0.15) is 5.26 Å². The molecule has 0 bridgehead atoms. The van der Waals surface area contributed by atoms with E-state index in [0.29, 0.717) is 5.56 Å². The van der Waals surface area contributed by atoms with Crippen molar-refractivity contribution in [1.82, 2.24) is 4.98 Å². The molecule has 0 saturated carbocycles. The Hall–Kier alpha value is -2.38. The van der Waals surface area contributed by atoms with Gasteiger partial charge in [-0.25, -0.2) is 0 Å². The fourth-order valence-corrected chi connectivity index (χ4v) is 2.40. The lowest BCUT2D eigenvalue weighted by Crippen LogP contribution is -2.38.